The molecule has 0 aromatic carbocycles. The minimum Gasteiger partial charge on any atom is -0.227 e. The molecule has 1 rings (SSSR count). The molecule has 1 heterocycles. The fraction of sp³-hybridized carbons (Fsp3) is 0.167. The number of primary sulfonamides is 1. The standard InChI is InChI=1S/C6H4ClF2IN2O2S/c7-3-1-2(4(8)9)5(10)12-6(3)15(11,13)14/h1,4H,(H2,11,13,14). The van der Waals surface area contributed by atoms with Gasteiger partial charge in [-0.1, -0.05) is 11.6 Å². The first kappa shape index (κ1) is 13.0. The highest BCUT2D eigenvalue weighted by Crippen LogP contribution is 2.28. The van der Waals surface area contributed by atoms with Gasteiger partial charge in [-0.2, -0.15) is 0 Å². The molecule has 0 fully saturated rings. The first-order chi connectivity index (χ1) is 6.73. The maximum absolute atomic E-state index is 12.4. The van der Waals surface area contributed by atoms with Crippen molar-refractivity contribution in [2.24, 2.45) is 5.14 Å². The van der Waals surface area contributed by atoms with Crippen molar-refractivity contribution in [2.75, 3.05) is 0 Å². The molecule has 15 heavy (non-hydrogen) atoms. The Kier molecular flexibility index (Phi) is 3.85. The summed E-state index contributed by atoms with van der Waals surface area (Å²) in [6.07, 6.45) is -2.77. The topological polar surface area (TPSA) is 73.1 Å². The van der Waals surface area contributed by atoms with Gasteiger partial charge in [0, 0.05) is 0 Å². The van der Waals surface area contributed by atoms with Gasteiger partial charge >= 0.3 is 0 Å². The first-order valence-corrected chi connectivity index (χ1v) is 6.40. The molecule has 1 aromatic heterocycles. The minimum atomic E-state index is -4.09. The SMILES string of the molecule is NS(=O)(=O)c1nc(I)c(C(F)F)cc1Cl. The number of hydrogen-bond acceptors (Lipinski definition) is 3. The third kappa shape index (κ3) is 2.95. The van der Waals surface area contributed by atoms with Crippen LogP contribution in [0.3, 0.4) is 0 Å². The normalized spacial score (nSPS) is 12.1. The van der Waals surface area contributed by atoms with Crippen LogP contribution < -0.4 is 5.14 Å². The third-order valence-corrected chi connectivity index (χ3v) is 3.54. The van der Waals surface area contributed by atoms with Gasteiger partial charge in [0.1, 0.15) is 3.70 Å². The molecule has 0 aliphatic rings. The lowest BCUT2D eigenvalue weighted by Crippen LogP contribution is -2.15. The second kappa shape index (κ2) is 4.44. The van der Waals surface area contributed by atoms with Crippen LogP contribution in [0, 0.1) is 3.70 Å². The van der Waals surface area contributed by atoms with E-state index in [1.54, 1.807) is 0 Å². The first-order valence-electron chi connectivity index (χ1n) is 3.40. The second-order valence-corrected chi connectivity index (χ2v) is 5.41. The molecule has 0 unspecified atom stereocenters. The van der Waals surface area contributed by atoms with Gasteiger partial charge < -0.3 is 0 Å². The Morgan fingerprint density at radius 3 is 2.47 bits per heavy atom. The lowest BCUT2D eigenvalue weighted by Gasteiger charge is -2.06. The van der Waals surface area contributed by atoms with E-state index in [4.69, 9.17) is 16.7 Å². The summed E-state index contributed by atoms with van der Waals surface area (Å²) in [5, 5.41) is 3.78. The molecule has 0 radical (unpaired) electrons. The highest BCUT2D eigenvalue weighted by atomic mass is 127. The van der Waals surface area contributed by atoms with Crippen LogP contribution in [-0.2, 0) is 10.0 Å². The van der Waals surface area contributed by atoms with Gasteiger partial charge in [0.05, 0.1) is 10.6 Å². The third-order valence-electron chi connectivity index (χ3n) is 1.43. The zero-order valence-electron chi connectivity index (χ0n) is 6.92. The van der Waals surface area contributed by atoms with Crippen molar-refractivity contribution >= 4 is 44.2 Å². The Morgan fingerprint density at radius 1 is 1.53 bits per heavy atom. The molecule has 9 heteroatoms. The molecular formula is C6H4ClF2IN2O2S. The molecule has 0 saturated heterocycles. The van der Waals surface area contributed by atoms with Gasteiger partial charge in [0.2, 0.25) is 0 Å². The fourth-order valence-corrected chi connectivity index (χ4v) is 2.65. The Hall–Kier alpha value is -0.0600. The number of rotatable bonds is 2. The average Bonchev–Trinajstić information content (AvgIpc) is 2.06. The van der Waals surface area contributed by atoms with Crippen LogP contribution in [0.15, 0.2) is 11.1 Å². The number of halogens is 4. The van der Waals surface area contributed by atoms with Crippen molar-refractivity contribution in [3.05, 3.63) is 20.4 Å². The molecule has 84 valence electrons. The quantitative estimate of drug-likeness (QED) is 0.640. The summed E-state index contributed by atoms with van der Waals surface area (Å²) < 4.78 is 46.4. The number of pyridine rings is 1. The Morgan fingerprint density at radius 2 is 2.07 bits per heavy atom. The second-order valence-electron chi connectivity index (χ2n) is 2.50. The summed E-state index contributed by atoms with van der Waals surface area (Å²) in [5.41, 5.74) is -0.423. The number of nitrogens with two attached hydrogens (primary N) is 1. The van der Waals surface area contributed by atoms with Gasteiger partial charge in [-0.15, -0.1) is 0 Å². The summed E-state index contributed by atoms with van der Waals surface area (Å²) in [7, 11) is -4.09. The van der Waals surface area contributed by atoms with Crippen LogP contribution in [0.5, 0.6) is 0 Å². The van der Waals surface area contributed by atoms with E-state index < -0.39 is 32.1 Å². The average molecular weight is 369 g/mol. The Labute approximate surface area is 103 Å². The van der Waals surface area contributed by atoms with Crippen LogP contribution in [0.4, 0.5) is 8.78 Å². The number of nitrogens with zero attached hydrogens (tertiary/aromatic N) is 1. The van der Waals surface area contributed by atoms with Crippen molar-refractivity contribution < 1.29 is 17.2 Å². The van der Waals surface area contributed by atoms with Gasteiger partial charge in [-0.25, -0.2) is 27.3 Å². The summed E-state index contributed by atoms with van der Waals surface area (Å²) in [6, 6.07) is 0.848. The van der Waals surface area contributed by atoms with Crippen molar-refractivity contribution in [3.8, 4) is 0 Å². The summed E-state index contributed by atoms with van der Waals surface area (Å²) >= 11 is 6.96. The van der Waals surface area contributed by atoms with E-state index in [0.717, 1.165) is 6.07 Å². The van der Waals surface area contributed by atoms with Crippen LogP contribution in [0.2, 0.25) is 5.02 Å². The maximum Gasteiger partial charge on any atom is 0.266 e. The molecule has 1 aromatic rings. The zero-order chi connectivity index (χ0) is 11.8. The highest BCUT2D eigenvalue weighted by molar-refractivity contribution is 14.1. The van der Waals surface area contributed by atoms with Gasteiger partial charge in [-0.3, -0.25) is 0 Å². The van der Waals surface area contributed by atoms with E-state index in [0.29, 0.717) is 0 Å². The summed E-state index contributed by atoms with van der Waals surface area (Å²) in [4.78, 5) is 3.43. The van der Waals surface area contributed by atoms with E-state index in [1.807, 2.05) is 0 Å². The smallest absolute Gasteiger partial charge is 0.227 e. The number of alkyl halides is 2. The number of hydrogen-bond donors (Lipinski definition) is 1. The van der Waals surface area contributed by atoms with E-state index in [2.05, 4.69) is 4.98 Å². The summed E-state index contributed by atoms with van der Waals surface area (Å²) in [6.45, 7) is 0. The van der Waals surface area contributed by atoms with Crippen LogP contribution >= 0.6 is 34.2 Å². The van der Waals surface area contributed by atoms with Gasteiger partial charge in [0.15, 0.2) is 5.03 Å². The van der Waals surface area contributed by atoms with Crippen molar-refractivity contribution in [3.63, 3.8) is 0 Å². The number of aromatic nitrogens is 1. The molecule has 4 nitrogen and oxygen atoms in total. The predicted molar refractivity (Wildman–Crippen MR) is 58.3 cm³/mol. The number of sulfonamides is 1. The molecule has 2 N–H and O–H groups in total. The molecule has 0 saturated carbocycles. The molecule has 0 atom stereocenters. The predicted octanol–water partition coefficient (Wildman–Crippen LogP) is 1.92. The molecule has 0 aliphatic heterocycles. The minimum absolute atomic E-state index is 0.143. The lowest BCUT2D eigenvalue weighted by atomic mass is 10.3. The Balaban J connectivity index is 3.46. The van der Waals surface area contributed by atoms with Crippen molar-refractivity contribution in [2.45, 2.75) is 11.5 Å². The molecule has 0 amide bonds. The molecule has 0 bridgehead atoms. The fourth-order valence-electron chi connectivity index (χ4n) is 0.817. The lowest BCUT2D eigenvalue weighted by molar-refractivity contribution is 0.149. The largest absolute Gasteiger partial charge is 0.266 e. The molecule has 0 spiro atoms. The van der Waals surface area contributed by atoms with E-state index in [1.165, 1.54) is 22.6 Å². The van der Waals surface area contributed by atoms with Crippen molar-refractivity contribution in [1.82, 2.24) is 4.98 Å². The summed E-state index contributed by atoms with van der Waals surface area (Å²) in [5.74, 6) is 0. The van der Waals surface area contributed by atoms with Crippen molar-refractivity contribution in [1.29, 1.82) is 0 Å². The van der Waals surface area contributed by atoms with Crippen LogP contribution in [0.25, 0.3) is 0 Å². The van der Waals surface area contributed by atoms with E-state index in [9.17, 15) is 17.2 Å². The van der Waals surface area contributed by atoms with Crippen LogP contribution in [0.1, 0.15) is 12.0 Å². The Bertz CT molecular complexity index is 494. The van der Waals surface area contributed by atoms with Crippen LogP contribution in [-0.4, -0.2) is 13.4 Å². The monoisotopic (exact) mass is 368 g/mol. The van der Waals surface area contributed by atoms with Gasteiger partial charge in [-0.05, 0) is 28.7 Å². The van der Waals surface area contributed by atoms with E-state index in [-0.39, 0.29) is 3.70 Å². The molecule has 0 aliphatic carbocycles. The highest BCUT2D eigenvalue weighted by Gasteiger charge is 2.21. The molecular weight excluding hydrogens is 364 g/mol. The maximum atomic E-state index is 12.4. The van der Waals surface area contributed by atoms with Gasteiger partial charge in [0.25, 0.3) is 16.4 Å². The zero-order valence-corrected chi connectivity index (χ0v) is 10.6. The van der Waals surface area contributed by atoms with E-state index >= 15 is 0 Å².